The van der Waals surface area contributed by atoms with Crippen molar-refractivity contribution in [3.05, 3.63) is 92.9 Å². The molecule has 0 unspecified atom stereocenters. The summed E-state index contributed by atoms with van der Waals surface area (Å²) in [5.41, 5.74) is 1.93. The fraction of sp³-hybridized carbons (Fsp3) is 0.321. The van der Waals surface area contributed by atoms with Gasteiger partial charge in [0.05, 0.1) is 40.4 Å². The number of carbonyl (C=O) groups is 2. The molecule has 3 aromatic rings. The van der Waals surface area contributed by atoms with Gasteiger partial charge in [0.2, 0.25) is 0 Å². The van der Waals surface area contributed by atoms with Gasteiger partial charge in [0, 0.05) is 32.6 Å². The van der Waals surface area contributed by atoms with E-state index >= 15 is 0 Å². The van der Waals surface area contributed by atoms with E-state index in [2.05, 4.69) is 10.0 Å². The van der Waals surface area contributed by atoms with Crippen LogP contribution in [-0.4, -0.2) is 78.3 Å². The number of amides is 2. The maximum Gasteiger partial charge on any atom is 0.262 e. The van der Waals surface area contributed by atoms with Gasteiger partial charge < -0.3 is 9.64 Å². The summed E-state index contributed by atoms with van der Waals surface area (Å²) in [6, 6.07) is 16.5. The van der Waals surface area contributed by atoms with Crippen molar-refractivity contribution in [2.24, 2.45) is 5.10 Å². The quantitative estimate of drug-likeness (QED) is 0.405. The predicted molar refractivity (Wildman–Crippen MR) is 146 cm³/mol. The number of nitrogens with zero attached hydrogens (tertiary/aromatic N) is 4. The molecule has 2 amide bonds. The summed E-state index contributed by atoms with van der Waals surface area (Å²) in [7, 11) is 0. The number of benzene rings is 2. The Morgan fingerprint density at radius 3 is 2.55 bits per heavy atom. The molecule has 38 heavy (non-hydrogen) atoms. The summed E-state index contributed by atoms with van der Waals surface area (Å²) in [6.07, 6.45) is 0.504. The van der Waals surface area contributed by atoms with Crippen LogP contribution in [0.4, 0.5) is 4.39 Å². The molecule has 0 saturated carbocycles. The molecule has 7 nitrogen and oxygen atoms in total. The van der Waals surface area contributed by atoms with Crippen molar-refractivity contribution >= 4 is 40.5 Å². The second-order valence-corrected chi connectivity index (χ2v) is 10.5. The van der Waals surface area contributed by atoms with Crippen LogP contribution in [-0.2, 0) is 9.53 Å². The second kappa shape index (κ2) is 12.2. The summed E-state index contributed by atoms with van der Waals surface area (Å²) >= 11 is 7.90. The zero-order chi connectivity index (χ0) is 26.5. The molecule has 10 heteroatoms. The fourth-order valence-electron chi connectivity index (χ4n) is 4.66. The molecule has 2 aliphatic rings. The molecule has 2 aliphatic heterocycles. The third kappa shape index (κ3) is 6.13. The van der Waals surface area contributed by atoms with Crippen LogP contribution in [0.1, 0.15) is 33.3 Å². The highest BCUT2D eigenvalue weighted by molar-refractivity contribution is 7.12. The minimum atomic E-state index is -0.392. The number of halogens is 2. The van der Waals surface area contributed by atoms with Crippen molar-refractivity contribution in [3.8, 4) is 0 Å². The van der Waals surface area contributed by atoms with Gasteiger partial charge in [-0.25, -0.2) is 9.40 Å². The third-order valence-corrected chi connectivity index (χ3v) is 7.98. The molecule has 0 aliphatic carbocycles. The maximum atomic E-state index is 13.8. The first-order valence-corrected chi connectivity index (χ1v) is 13.8. The minimum absolute atomic E-state index is 0.159. The highest BCUT2D eigenvalue weighted by atomic mass is 35.5. The zero-order valence-electron chi connectivity index (χ0n) is 20.8. The number of rotatable bonds is 8. The summed E-state index contributed by atoms with van der Waals surface area (Å²) in [6.45, 7) is 3.64. The smallest absolute Gasteiger partial charge is 0.262 e. The molecule has 1 aromatic heterocycles. The van der Waals surface area contributed by atoms with Gasteiger partial charge in [-0.1, -0.05) is 41.9 Å². The normalized spacial score (nSPS) is 17.9. The van der Waals surface area contributed by atoms with E-state index in [4.69, 9.17) is 16.3 Å². The standard InChI is InChI=1S/C28H28ClFN4O3S/c29-23-5-2-1-4-22(23)28(36)33(12-11-32-13-15-37-16-14-32)19-27(35)34-25(20-7-9-21(30)10-8-20)18-24(31-34)26-6-3-17-38-26/h1-10,17,25H,11-16,18-19H2/t25-/m0/s1. The zero-order valence-corrected chi connectivity index (χ0v) is 22.3. The van der Waals surface area contributed by atoms with Crippen molar-refractivity contribution in [1.29, 1.82) is 0 Å². The first-order valence-electron chi connectivity index (χ1n) is 12.5. The van der Waals surface area contributed by atoms with Gasteiger partial charge in [-0.05, 0) is 41.3 Å². The number of thiophene rings is 1. The van der Waals surface area contributed by atoms with Crippen LogP contribution < -0.4 is 0 Å². The van der Waals surface area contributed by atoms with E-state index in [9.17, 15) is 14.0 Å². The largest absolute Gasteiger partial charge is 0.379 e. The van der Waals surface area contributed by atoms with Gasteiger partial charge in [-0.15, -0.1) is 11.3 Å². The van der Waals surface area contributed by atoms with Gasteiger partial charge in [-0.2, -0.15) is 5.10 Å². The van der Waals surface area contributed by atoms with Crippen LogP contribution in [0.25, 0.3) is 0 Å². The van der Waals surface area contributed by atoms with E-state index in [1.807, 2.05) is 17.5 Å². The van der Waals surface area contributed by atoms with Crippen LogP contribution >= 0.6 is 22.9 Å². The van der Waals surface area contributed by atoms with Gasteiger partial charge in [-0.3, -0.25) is 14.5 Å². The van der Waals surface area contributed by atoms with Gasteiger partial charge in [0.1, 0.15) is 12.4 Å². The Morgan fingerprint density at radius 2 is 1.84 bits per heavy atom. The first-order chi connectivity index (χ1) is 18.5. The van der Waals surface area contributed by atoms with Gasteiger partial charge in [0.15, 0.2) is 0 Å². The molecule has 3 heterocycles. The molecule has 1 fully saturated rings. The topological polar surface area (TPSA) is 65.5 Å². The Kier molecular flexibility index (Phi) is 8.48. The Morgan fingerprint density at radius 1 is 1.08 bits per heavy atom. The number of morpholine rings is 1. The lowest BCUT2D eigenvalue weighted by Crippen LogP contribution is -2.46. The van der Waals surface area contributed by atoms with E-state index < -0.39 is 6.04 Å². The van der Waals surface area contributed by atoms with Crippen LogP contribution in [0.15, 0.2) is 71.1 Å². The number of hydrazone groups is 1. The highest BCUT2D eigenvalue weighted by Gasteiger charge is 2.35. The van der Waals surface area contributed by atoms with E-state index in [1.165, 1.54) is 17.1 Å². The first kappa shape index (κ1) is 26.5. The maximum absolute atomic E-state index is 13.8. The molecule has 1 atom stereocenters. The second-order valence-electron chi connectivity index (χ2n) is 9.19. The Labute approximate surface area is 230 Å². The number of carbonyl (C=O) groups excluding carboxylic acids is 2. The van der Waals surface area contributed by atoms with E-state index in [0.717, 1.165) is 29.2 Å². The van der Waals surface area contributed by atoms with Crippen LogP contribution in [0, 0.1) is 5.82 Å². The lowest BCUT2D eigenvalue weighted by Gasteiger charge is -2.31. The van der Waals surface area contributed by atoms with Crippen LogP contribution in [0.3, 0.4) is 0 Å². The molecule has 5 rings (SSSR count). The van der Waals surface area contributed by atoms with E-state index in [1.54, 1.807) is 52.6 Å². The molecule has 198 valence electrons. The SMILES string of the molecule is O=C(c1ccccc1Cl)N(CCN1CCOCC1)CC(=O)N1N=C(c2cccs2)C[C@H]1c1ccc(F)cc1. The summed E-state index contributed by atoms with van der Waals surface area (Å²) in [5, 5.41) is 8.44. The van der Waals surface area contributed by atoms with E-state index in [0.29, 0.717) is 43.3 Å². The molecular formula is C28H28ClFN4O3S. The molecular weight excluding hydrogens is 527 g/mol. The number of ether oxygens (including phenoxy) is 1. The molecule has 0 spiro atoms. The molecule has 0 N–H and O–H groups in total. The van der Waals surface area contributed by atoms with Gasteiger partial charge >= 0.3 is 0 Å². The van der Waals surface area contributed by atoms with Crippen molar-refractivity contribution in [2.45, 2.75) is 12.5 Å². The summed E-state index contributed by atoms with van der Waals surface area (Å²) in [4.78, 5) is 32.1. The molecule has 2 aromatic carbocycles. The third-order valence-electron chi connectivity index (χ3n) is 6.73. The number of hydrogen-bond acceptors (Lipinski definition) is 6. The lowest BCUT2D eigenvalue weighted by atomic mass is 10.0. The van der Waals surface area contributed by atoms with Crippen molar-refractivity contribution in [2.75, 3.05) is 45.9 Å². The molecule has 1 saturated heterocycles. The lowest BCUT2D eigenvalue weighted by molar-refractivity contribution is -0.133. The van der Waals surface area contributed by atoms with Crippen LogP contribution in [0.2, 0.25) is 5.02 Å². The van der Waals surface area contributed by atoms with Crippen molar-refractivity contribution < 1.29 is 18.7 Å². The van der Waals surface area contributed by atoms with Crippen LogP contribution in [0.5, 0.6) is 0 Å². The summed E-state index contributed by atoms with van der Waals surface area (Å²) < 4.78 is 19.1. The Balaban J connectivity index is 1.40. The summed E-state index contributed by atoms with van der Waals surface area (Å²) in [5.74, 6) is -0.964. The molecule has 0 radical (unpaired) electrons. The Bertz CT molecular complexity index is 1300. The molecule has 0 bridgehead atoms. The van der Waals surface area contributed by atoms with Crippen molar-refractivity contribution in [1.82, 2.24) is 14.8 Å². The average molecular weight is 555 g/mol. The van der Waals surface area contributed by atoms with Crippen molar-refractivity contribution in [3.63, 3.8) is 0 Å². The number of hydrogen-bond donors (Lipinski definition) is 0. The van der Waals surface area contributed by atoms with Gasteiger partial charge in [0.25, 0.3) is 11.8 Å². The monoisotopic (exact) mass is 554 g/mol. The minimum Gasteiger partial charge on any atom is -0.379 e. The highest BCUT2D eigenvalue weighted by Crippen LogP contribution is 2.34. The predicted octanol–water partition coefficient (Wildman–Crippen LogP) is 4.69. The fourth-order valence-corrected chi connectivity index (χ4v) is 5.59. The average Bonchev–Trinajstić information content (AvgIpc) is 3.63. The van der Waals surface area contributed by atoms with E-state index in [-0.39, 0.29) is 24.2 Å². The Hall–Kier alpha value is -3.11.